The molecule has 0 unspecified atom stereocenters. The summed E-state index contributed by atoms with van der Waals surface area (Å²) in [5.74, 6) is -0.607. The molecule has 0 atom stereocenters. The van der Waals surface area contributed by atoms with Crippen molar-refractivity contribution in [2.24, 2.45) is 0 Å². The van der Waals surface area contributed by atoms with Crippen LogP contribution in [-0.4, -0.2) is 11.6 Å². The molecule has 0 radical (unpaired) electrons. The number of hydrogen-bond donors (Lipinski definition) is 0. The molecule has 0 N–H and O–H groups in total. The van der Waals surface area contributed by atoms with Gasteiger partial charge in [0.05, 0.1) is 5.39 Å². The number of ketones is 2. The lowest BCUT2D eigenvalue weighted by Crippen LogP contribution is -2.16. The van der Waals surface area contributed by atoms with Gasteiger partial charge < -0.3 is 0 Å². The van der Waals surface area contributed by atoms with Crippen molar-refractivity contribution in [3.05, 3.63) is 130 Å². The molecule has 0 saturated heterocycles. The van der Waals surface area contributed by atoms with Crippen LogP contribution in [0.4, 0.5) is 0 Å². The van der Waals surface area contributed by atoms with Crippen LogP contribution in [0.5, 0.6) is 0 Å². The fourth-order valence-corrected chi connectivity index (χ4v) is 4.88. The third-order valence-electron chi connectivity index (χ3n) is 5.29. The van der Waals surface area contributed by atoms with E-state index in [1.807, 2.05) is 24.3 Å². The van der Waals surface area contributed by atoms with Gasteiger partial charge in [0.15, 0.2) is 17.0 Å². The van der Waals surface area contributed by atoms with Crippen molar-refractivity contribution in [1.82, 2.24) is 0 Å². The molecule has 31 heavy (non-hydrogen) atoms. The highest BCUT2D eigenvalue weighted by Gasteiger charge is 2.24. The molecule has 0 bridgehead atoms. The standard InChI is InChI=1S/C27H16O3S/c28-25(17-9-3-1-4-10-17)20-15-16-22-24(23(20)26(29)18-11-5-2-6-12-18)27(30)19-13-7-8-14-21(19)31-22/h1-16H. The van der Waals surface area contributed by atoms with Crippen LogP contribution >= 0.6 is 11.3 Å². The molecule has 148 valence electrons. The summed E-state index contributed by atoms with van der Waals surface area (Å²) in [6.45, 7) is 0. The quantitative estimate of drug-likeness (QED) is 0.270. The highest BCUT2D eigenvalue weighted by molar-refractivity contribution is 7.24. The van der Waals surface area contributed by atoms with Crippen molar-refractivity contribution in [3.63, 3.8) is 0 Å². The molecule has 4 aromatic carbocycles. The number of fused-ring (bicyclic) bond motifs is 2. The summed E-state index contributed by atoms with van der Waals surface area (Å²) in [7, 11) is 0. The van der Waals surface area contributed by atoms with Crippen LogP contribution in [0.3, 0.4) is 0 Å². The van der Waals surface area contributed by atoms with Crippen molar-refractivity contribution in [2.75, 3.05) is 0 Å². The zero-order valence-corrected chi connectivity index (χ0v) is 17.2. The predicted molar refractivity (Wildman–Crippen MR) is 125 cm³/mol. The highest BCUT2D eigenvalue weighted by atomic mass is 32.1. The molecule has 5 rings (SSSR count). The zero-order chi connectivity index (χ0) is 21.4. The Morgan fingerprint density at radius 3 is 1.84 bits per heavy atom. The lowest BCUT2D eigenvalue weighted by atomic mass is 9.90. The third-order valence-corrected chi connectivity index (χ3v) is 6.43. The number of benzene rings is 4. The van der Waals surface area contributed by atoms with E-state index in [0.717, 1.165) is 4.70 Å². The normalized spacial score (nSPS) is 11.0. The summed E-state index contributed by atoms with van der Waals surface area (Å²) in [5.41, 5.74) is 1.10. The van der Waals surface area contributed by atoms with E-state index in [4.69, 9.17) is 0 Å². The average Bonchev–Trinajstić information content (AvgIpc) is 2.84. The lowest BCUT2D eigenvalue weighted by Gasteiger charge is -2.12. The first-order valence-corrected chi connectivity index (χ1v) is 10.6. The van der Waals surface area contributed by atoms with Crippen molar-refractivity contribution in [2.45, 2.75) is 0 Å². The van der Waals surface area contributed by atoms with Gasteiger partial charge in [-0.25, -0.2) is 0 Å². The van der Waals surface area contributed by atoms with Gasteiger partial charge in [0.2, 0.25) is 0 Å². The fourth-order valence-electron chi connectivity index (χ4n) is 3.79. The van der Waals surface area contributed by atoms with Crippen molar-refractivity contribution >= 4 is 43.1 Å². The maximum atomic E-state index is 13.6. The fraction of sp³-hybridized carbons (Fsp3) is 0. The van der Waals surface area contributed by atoms with E-state index >= 15 is 0 Å². The van der Waals surface area contributed by atoms with Crippen LogP contribution in [0.1, 0.15) is 31.8 Å². The Kier molecular flexibility index (Phi) is 4.77. The van der Waals surface area contributed by atoms with E-state index in [0.29, 0.717) is 26.6 Å². The van der Waals surface area contributed by atoms with Gasteiger partial charge in [0.1, 0.15) is 0 Å². The molecule has 0 spiro atoms. The number of carbonyl (C=O) groups excluding carboxylic acids is 2. The Morgan fingerprint density at radius 2 is 1.16 bits per heavy atom. The summed E-state index contributed by atoms with van der Waals surface area (Å²) >= 11 is 1.44. The largest absolute Gasteiger partial charge is 0.289 e. The van der Waals surface area contributed by atoms with E-state index in [2.05, 4.69) is 0 Å². The van der Waals surface area contributed by atoms with Crippen LogP contribution in [0, 0.1) is 0 Å². The molecule has 3 nitrogen and oxygen atoms in total. The molecule has 0 aliphatic carbocycles. The third kappa shape index (κ3) is 3.27. The molecular weight excluding hydrogens is 404 g/mol. The first-order valence-electron chi connectivity index (χ1n) is 9.83. The zero-order valence-electron chi connectivity index (χ0n) is 16.4. The topological polar surface area (TPSA) is 51.2 Å². The maximum Gasteiger partial charge on any atom is 0.196 e. The molecule has 0 fully saturated rings. The molecule has 4 heteroatoms. The predicted octanol–water partition coefficient (Wildman–Crippen LogP) is 5.88. The van der Waals surface area contributed by atoms with Crippen molar-refractivity contribution < 1.29 is 9.59 Å². The molecule has 0 amide bonds. The van der Waals surface area contributed by atoms with Gasteiger partial charge in [-0.05, 0) is 24.3 Å². The molecule has 0 saturated carbocycles. The Balaban J connectivity index is 1.88. The Bertz CT molecular complexity index is 1520. The minimum Gasteiger partial charge on any atom is -0.289 e. The number of carbonyl (C=O) groups is 2. The van der Waals surface area contributed by atoms with Gasteiger partial charge in [0.25, 0.3) is 0 Å². The Labute approximate surface area is 182 Å². The SMILES string of the molecule is O=C(c1ccccc1)c1ccc2sc3ccccc3c(=O)c2c1C(=O)c1ccccc1. The van der Waals surface area contributed by atoms with Crippen molar-refractivity contribution in [1.29, 1.82) is 0 Å². The maximum absolute atomic E-state index is 13.6. The van der Waals surface area contributed by atoms with Crippen molar-refractivity contribution in [3.8, 4) is 0 Å². The highest BCUT2D eigenvalue weighted by Crippen LogP contribution is 2.31. The number of hydrogen-bond acceptors (Lipinski definition) is 4. The van der Waals surface area contributed by atoms with E-state index in [9.17, 15) is 14.4 Å². The summed E-state index contributed by atoms with van der Waals surface area (Å²) < 4.78 is 1.54. The Morgan fingerprint density at radius 1 is 0.581 bits per heavy atom. The van der Waals surface area contributed by atoms with E-state index in [-0.39, 0.29) is 28.1 Å². The van der Waals surface area contributed by atoms with Gasteiger partial charge in [-0.1, -0.05) is 72.8 Å². The number of rotatable bonds is 4. The van der Waals surface area contributed by atoms with Gasteiger partial charge in [-0.15, -0.1) is 11.3 Å². The van der Waals surface area contributed by atoms with Crippen LogP contribution < -0.4 is 5.43 Å². The molecular formula is C27H16O3S. The molecule has 1 heterocycles. The van der Waals surface area contributed by atoms with Gasteiger partial charge in [0, 0.05) is 37.0 Å². The van der Waals surface area contributed by atoms with Gasteiger partial charge in [-0.2, -0.15) is 0 Å². The van der Waals surface area contributed by atoms with E-state index in [1.54, 1.807) is 72.8 Å². The molecule has 0 aliphatic rings. The van der Waals surface area contributed by atoms with Gasteiger partial charge in [-0.3, -0.25) is 14.4 Å². The summed E-state index contributed by atoms with van der Waals surface area (Å²) in [5, 5.41) is 0.853. The smallest absolute Gasteiger partial charge is 0.196 e. The first kappa shape index (κ1) is 19.1. The van der Waals surface area contributed by atoms with Crippen LogP contribution in [0.25, 0.3) is 20.2 Å². The second-order valence-electron chi connectivity index (χ2n) is 7.18. The average molecular weight is 420 g/mol. The first-order chi connectivity index (χ1) is 15.1. The second-order valence-corrected chi connectivity index (χ2v) is 8.26. The molecule has 5 aromatic rings. The summed E-state index contributed by atoms with van der Waals surface area (Å²) in [6.07, 6.45) is 0. The van der Waals surface area contributed by atoms with E-state index in [1.165, 1.54) is 11.3 Å². The van der Waals surface area contributed by atoms with Crippen LogP contribution in [0.2, 0.25) is 0 Å². The summed E-state index contributed by atoms with van der Waals surface area (Å²) in [4.78, 5) is 40.5. The van der Waals surface area contributed by atoms with Gasteiger partial charge >= 0.3 is 0 Å². The minimum absolute atomic E-state index is 0.171. The molecule has 1 aromatic heterocycles. The summed E-state index contributed by atoms with van der Waals surface area (Å²) in [6, 6.07) is 28.4. The van der Waals surface area contributed by atoms with Crippen LogP contribution in [-0.2, 0) is 0 Å². The molecule has 0 aliphatic heterocycles. The Hall–Kier alpha value is -3.89. The minimum atomic E-state index is -0.329. The lowest BCUT2D eigenvalue weighted by molar-refractivity contribution is 0.100. The monoisotopic (exact) mass is 420 g/mol. The van der Waals surface area contributed by atoms with E-state index < -0.39 is 0 Å². The van der Waals surface area contributed by atoms with Crippen LogP contribution in [0.15, 0.2) is 102 Å². The second kappa shape index (κ2) is 7.74.